The number of piperidine rings is 1. The molecule has 4 nitrogen and oxygen atoms in total. The van der Waals surface area contributed by atoms with Gasteiger partial charge in [-0.2, -0.15) is 0 Å². The number of nitrogens with two attached hydrogens (primary N) is 1. The summed E-state index contributed by atoms with van der Waals surface area (Å²) in [4.78, 5) is 7.26. The lowest BCUT2D eigenvalue weighted by atomic mass is 9.91. The Hall–Kier alpha value is -0.880. The molecule has 0 saturated carbocycles. The summed E-state index contributed by atoms with van der Waals surface area (Å²) in [5.74, 6) is 1.57. The second-order valence-corrected chi connectivity index (χ2v) is 6.95. The fourth-order valence-corrected chi connectivity index (χ4v) is 4.25. The molecule has 2 unspecified atom stereocenters. The van der Waals surface area contributed by atoms with Crippen molar-refractivity contribution in [2.75, 3.05) is 20.2 Å². The van der Waals surface area contributed by atoms with Crippen LogP contribution in [0.3, 0.4) is 0 Å². The van der Waals surface area contributed by atoms with Crippen LogP contribution in [0.2, 0.25) is 0 Å². The molecule has 1 fully saturated rings. The number of fused-ring (bicyclic) bond motifs is 1. The zero-order valence-corrected chi connectivity index (χ0v) is 14.8. The third-order valence-electron chi connectivity index (χ3n) is 4.45. The van der Waals surface area contributed by atoms with Gasteiger partial charge in [0.15, 0.2) is 0 Å². The molecule has 3 rings (SSSR count). The summed E-state index contributed by atoms with van der Waals surface area (Å²) in [6.07, 6.45) is 2.55. The van der Waals surface area contributed by atoms with Crippen molar-refractivity contribution in [3.8, 4) is 5.75 Å². The van der Waals surface area contributed by atoms with Crippen LogP contribution in [-0.2, 0) is 6.54 Å². The first-order valence-electron chi connectivity index (χ1n) is 7.59. The van der Waals surface area contributed by atoms with Crippen molar-refractivity contribution in [1.29, 1.82) is 0 Å². The van der Waals surface area contributed by atoms with Crippen LogP contribution in [-0.4, -0.2) is 36.1 Å². The second-order valence-electron chi connectivity index (χ2n) is 5.83. The number of ether oxygens (including phenoxy) is 1. The van der Waals surface area contributed by atoms with E-state index in [1.807, 2.05) is 12.1 Å². The van der Waals surface area contributed by atoms with Gasteiger partial charge in [0.05, 0.1) is 23.9 Å². The Bertz CT molecular complexity index is 618. The van der Waals surface area contributed by atoms with Crippen LogP contribution in [0.15, 0.2) is 18.2 Å². The molecule has 22 heavy (non-hydrogen) atoms. The molecule has 1 aromatic carbocycles. The number of likely N-dealkylation sites (tertiary alicyclic amines) is 1. The van der Waals surface area contributed by atoms with Gasteiger partial charge in [0, 0.05) is 12.6 Å². The summed E-state index contributed by atoms with van der Waals surface area (Å²) in [6, 6.07) is 6.56. The van der Waals surface area contributed by atoms with Crippen LogP contribution in [0.5, 0.6) is 5.75 Å². The molecule has 1 saturated heterocycles. The number of rotatable bonds is 4. The highest BCUT2D eigenvalue weighted by Crippen LogP contribution is 2.29. The maximum Gasteiger partial charge on any atom is 0.120 e. The SMILES string of the molecule is COc1ccc2nc(CN3CCCC(C)C3CN)sc2c1.Cl. The van der Waals surface area contributed by atoms with Gasteiger partial charge >= 0.3 is 0 Å². The smallest absolute Gasteiger partial charge is 0.120 e. The average Bonchev–Trinajstić information content (AvgIpc) is 2.88. The third-order valence-corrected chi connectivity index (χ3v) is 5.45. The second kappa shape index (κ2) is 7.59. The summed E-state index contributed by atoms with van der Waals surface area (Å²) in [7, 11) is 1.70. The highest BCUT2D eigenvalue weighted by molar-refractivity contribution is 7.18. The van der Waals surface area contributed by atoms with Crippen LogP contribution in [0.1, 0.15) is 24.8 Å². The fraction of sp³-hybridized carbons (Fsp3) is 0.562. The van der Waals surface area contributed by atoms with Gasteiger partial charge in [-0.25, -0.2) is 4.98 Å². The minimum Gasteiger partial charge on any atom is -0.497 e. The standard InChI is InChI=1S/C16H23N3OS.ClH/c1-11-4-3-7-19(14(11)9-17)10-16-18-13-6-5-12(20-2)8-15(13)21-16;/h5-6,8,11,14H,3-4,7,9-10,17H2,1-2H3;1H. The van der Waals surface area contributed by atoms with Crippen LogP contribution in [0.25, 0.3) is 10.2 Å². The lowest BCUT2D eigenvalue weighted by molar-refractivity contribution is 0.0990. The molecule has 2 aromatic rings. The Morgan fingerprint density at radius 3 is 3.00 bits per heavy atom. The Balaban J connectivity index is 0.00000176. The maximum atomic E-state index is 5.98. The molecule has 1 aliphatic heterocycles. The largest absolute Gasteiger partial charge is 0.497 e. The van der Waals surface area contributed by atoms with Crippen molar-refractivity contribution < 1.29 is 4.74 Å². The zero-order chi connectivity index (χ0) is 14.8. The minimum atomic E-state index is 0. The molecule has 1 aliphatic rings. The fourth-order valence-electron chi connectivity index (χ4n) is 3.23. The summed E-state index contributed by atoms with van der Waals surface area (Å²) >= 11 is 1.76. The summed E-state index contributed by atoms with van der Waals surface area (Å²) < 4.78 is 6.48. The molecule has 2 heterocycles. The molecule has 0 aliphatic carbocycles. The molecule has 0 bridgehead atoms. The summed E-state index contributed by atoms with van der Waals surface area (Å²) in [5, 5.41) is 1.17. The molecular weight excluding hydrogens is 318 g/mol. The number of methoxy groups -OCH3 is 1. The van der Waals surface area contributed by atoms with E-state index in [4.69, 9.17) is 15.5 Å². The van der Waals surface area contributed by atoms with Crippen molar-refractivity contribution in [3.05, 3.63) is 23.2 Å². The van der Waals surface area contributed by atoms with Gasteiger partial charge in [-0.05, 0) is 43.5 Å². The Morgan fingerprint density at radius 2 is 2.27 bits per heavy atom. The van der Waals surface area contributed by atoms with Gasteiger partial charge in [0.25, 0.3) is 0 Å². The Kier molecular flexibility index (Phi) is 6.03. The number of halogens is 1. The van der Waals surface area contributed by atoms with Gasteiger partial charge in [-0.15, -0.1) is 23.7 Å². The van der Waals surface area contributed by atoms with Crippen LogP contribution < -0.4 is 10.5 Å². The number of nitrogens with zero attached hydrogens (tertiary/aromatic N) is 2. The van der Waals surface area contributed by atoms with E-state index in [0.29, 0.717) is 12.0 Å². The zero-order valence-electron chi connectivity index (χ0n) is 13.1. The van der Waals surface area contributed by atoms with Gasteiger partial charge in [-0.1, -0.05) is 6.92 Å². The topological polar surface area (TPSA) is 51.4 Å². The van der Waals surface area contributed by atoms with E-state index < -0.39 is 0 Å². The summed E-state index contributed by atoms with van der Waals surface area (Å²) in [6.45, 7) is 5.09. The minimum absolute atomic E-state index is 0. The maximum absolute atomic E-state index is 5.98. The highest BCUT2D eigenvalue weighted by atomic mass is 35.5. The first-order valence-corrected chi connectivity index (χ1v) is 8.40. The predicted octanol–water partition coefficient (Wildman–Crippen LogP) is 3.29. The van der Waals surface area contributed by atoms with E-state index in [0.717, 1.165) is 30.9 Å². The van der Waals surface area contributed by atoms with Gasteiger partial charge in [0.1, 0.15) is 10.8 Å². The molecule has 6 heteroatoms. The molecule has 2 N–H and O–H groups in total. The highest BCUT2D eigenvalue weighted by Gasteiger charge is 2.27. The number of hydrogen-bond acceptors (Lipinski definition) is 5. The Labute approximate surface area is 142 Å². The number of thiazole rings is 1. The predicted molar refractivity (Wildman–Crippen MR) is 95.1 cm³/mol. The van der Waals surface area contributed by atoms with Crippen molar-refractivity contribution in [3.63, 3.8) is 0 Å². The van der Waals surface area contributed by atoms with Crippen molar-refractivity contribution >= 4 is 34.0 Å². The first kappa shape index (κ1) is 17.5. The van der Waals surface area contributed by atoms with E-state index in [9.17, 15) is 0 Å². The number of benzene rings is 1. The van der Waals surface area contributed by atoms with Gasteiger partial charge in [-0.3, -0.25) is 4.90 Å². The van der Waals surface area contributed by atoms with Gasteiger partial charge in [0.2, 0.25) is 0 Å². The summed E-state index contributed by atoms with van der Waals surface area (Å²) in [5.41, 5.74) is 7.04. The van der Waals surface area contributed by atoms with E-state index in [-0.39, 0.29) is 12.4 Å². The molecule has 2 atom stereocenters. The first-order chi connectivity index (χ1) is 10.2. The normalized spacial score (nSPS) is 22.5. The van der Waals surface area contributed by atoms with E-state index in [1.54, 1.807) is 18.4 Å². The monoisotopic (exact) mass is 341 g/mol. The third kappa shape index (κ3) is 3.54. The Morgan fingerprint density at radius 1 is 1.45 bits per heavy atom. The lowest BCUT2D eigenvalue weighted by Crippen LogP contribution is -2.47. The quantitative estimate of drug-likeness (QED) is 0.927. The van der Waals surface area contributed by atoms with E-state index in [2.05, 4.69) is 17.9 Å². The molecule has 0 radical (unpaired) electrons. The molecular formula is C16H24ClN3OS. The van der Waals surface area contributed by atoms with Crippen LogP contribution in [0.4, 0.5) is 0 Å². The van der Waals surface area contributed by atoms with Crippen molar-refractivity contribution in [2.45, 2.75) is 32.4 Å². The van der Waals surface area contributed by atoms with Crippen LogP contribution >= 0.6 is 23.7 Å². The van der Waals surface area contributed by atoms with Crippen molar-refractivity contribution in [1.82, 2.24) is 9.88 Å². The molecule has 122 valence electrons. The van der Waals surface area contributed by atoms with E-state index >= 15 is 0 Å². The lowest BCUT2D eigenvalue weighted by Gasteiger charge is -2.38. The van der Waals surface area contributed by atoms with E-state index in [1.165, 1.54) is 22.5 Å². The van der Waals surface area contributed by atoms with Crippen LogP contribution in [0, 0.1) is 5.92 Å². The number of hydrogen-bond donors (Lipinski definition) is 1. The molecule has 0 spiro atoms. The molecule has 0 amide bonds. The molecule has 1 aromatic heterocycles. The average molecular weight is 342 g/mol. The van der Waals surface area contributed by atoms with Gasteiger partial charge < -0.3 is 10.5 Å². The van der Waals surface area contributed by atoms with Crippen molar-refractivity contribution in [2.24, 2.45) is 11.7 Å². The number of aromatic nitrogens is 1.